The smallest absolute Gasteiger partial charge is 0.312 e. The van der Waals surface area contributed by atoms with Gasteiger partial charge in [-0.2, -0.15) is 0 Å². The molecule has 0 radical (unpaired) electrons. The Morgan fingerprint density at radius 1 is 1.43 bits per heavy atom. The lowest BCUT2D eigenvalue weighted by Gasteiger charge is -2.03. The van der Waals surface area contributed by atoms with Gasteiger partial charge in [-0.3, -0.25) is 4.57 Å². The molecule has 0 aliphatic carbocycles. The molecule has 72 valence electrons. The number of aromatic amines is 1. The second kappa shape index (κ2) is 3.78. The van der Waals surface area contributed by atoms with Crippen molar-refractivity contribution in [1.29, 1.82) is 0 Å². The van der Waals surface area contributed by atoms with Gasteiger partial charge in [-0.15, -0.1) is 0 Å². The van der Waals surface area contributed by atoms with E-state index in [0.29, 0.717) is 10.7 Å². The molecule has 2 rings (SSSR count). The summed E-state index contributed by atoms with van der Waals surface area (Å²) < 4.78 is 2.51. The van der Waals surface area contributed by atoms with Crippen LogP contribution in [-0.4, -0.2) is 9.55 Å². The number of H-pyrrole nitrogens is 1. The Balaban J connectivity index is 2.63. The maximum Gasteiger partial charge on any atom is 0.330 e. The maximum absolute atomic E-state index is 11.3. The van der Waals surface area contributed by atoms with Crippen molar-refractivity contribution in [2.45, 2.75) is 0 Å². The van der Waals surface area contributed by atoms with E-state index >= 15 is 0 Å². The van der Waals surface area contributed by atoms with Crippen LogP contribution < -0.4 is 5.69 Å². The molecule has 1 aromatic carbocycles. The Morgan fingerprint density at radius 3 is 2.79 bits per heavy atom. The molecule has 0 spiro atoms. The van der Waals surface area contributed by atoms with Crippen LogP contribution in [0.5, 0.6) is 0 Å². The first-order valence-electron chi connectivity index (χ1n) is 3.90. The van der Waals surface area contributed by atoms with Gasteiger partial charge in [0.2, 0.25) is 0 Å². The largest absolute Gasteiger partial charge is 0.330 e. The van der Waals surface area contributed by atoms with E-state index in [1.807, 2.05) is 18.2 Å². The van der Waals surface area contributed by atoms with Gasteiger partial charge < -0.3 is 4.98 Å². The third-order valence-corrected chi connectivity index (χ3v) is 2.79. The standard InChI is InChI=1S/C9H6ClIN2O/c10-7-5-6(11)1-2-8(7)13-4-3-12-9(13)14/h1-5H,(H,12,14). The highest BCUT2D eigenvalue weighted by Crippen LogP contribution is 2.21. The van der Waals surface area contributed by atoms with Gasteiger partial charge in [0.25, 0.3) is 0 Å². The lowest BCUT2D eigenvalue weighted by molar-refractivity contribution is 0.987. The molecule has 1 N–H and O–H groups in total. The van der Waals surface area contributed by atoms with Crippen LogP contribution >= 0.6 is 34.2 Å². The highest BCUT2D eigenvalue weighted by Gasteiger charge is 2.04. The van der Waals surface area contributed by atoms with Gasteiger partial charge in [0.05, 0.1) is 10.7 Å². The highest BCUT2D eigenvalue weighted by atomic mass is 127. The molecule has 0 aliphatic rings. The van der Waals surface area contributed by atoms with Gasteiger partial charge >= 0.3 is 5.69 Å². The second-order valence-corrected chi connectivity index (χ2v) is 4.38. The van der Waals surface area contributed by atoms with Crippen molar-refractivity contribution in [1.82, 2.24) is 9.55 Å². The summed E-state index contributed by atoms with van der Waals surface area (Å²) >= 11 is 8.18. The number of benzene rings is 1. The van der Waals surface area contributed by atoms with Crippen LogP contribution in [0.25, 0.3) is 5.69 Å². The predicted octanol–water partition coefficient (Wildman–Crippen LogP) is 2.42. The summed E-state index contributed by atoms with van der Waals surface area (Å²) in [5.41, 5.74) is 0.506. The lowest BCUT2D eigenvalue weighted by atomic mass is 10.3. The maximum atomic E-state index is 11.3. The lowest BCUT2D eigenvalue weighted by Crippen LogP contribution is -2.14. The SMILES string of the molecule is O=c1[nH]ccn1-c1ccc(I)cc1Cl. The van der Waals surface area contributed by atoms with Crippen molar-refractivity contribution < 1.29 is 0 Å². The summed E-state index contributed by atoms with van der Waals surface area (Å²) in [5, 5.41) is 0.568. The Morgan fingerprint density at radius 2 is 2.21 bits per heavy atom. The first-order chi connectivity index (χ1) is 6.68. The van der Waals surface area contributed by atoms with E-state index in [1.54, 1.807) is 12.4 Å². The van der Waals surface area contributed by atoms with Crippen LogP contribution in [0.4, 0.5) is 0 Å². The molecule has 14 heavy (non-hydrogen) atoms. The molecule has 2 aromatic rings. The van der Waals surface area contributed by atoms with E-state index in [4.69, 9.17) is 11.6 Å². The fourth-order valence-electron chi connectivity index (χ4n) is 1.19. The van der Waals surface area contributed by atoms with Crippen molar-refractivity contribution in [3.05, 3.63) is 49.7 Å². The van der Waals surface area contributed by atoms with E-state index in [2.05, 4.69) is 27.6 Å². The molecular weight excluding hydrogens is 314 g/mol. The minimum atomic E-state index is -0.187. The minimum absolute atomic E-state index is 0.187. The van der Waals surface area contributed by atoms with E-state index in [9.17, 15) is 4.79 Å². The summed E-state index contributed by atoms with van der Waals surface area (Å²) in [6.45, 7) is 0. The van der Waals surface area contributed by atoms with Gasteiger partial charge in [-0.25, -0.2) is 4.79 Å². The third kappa shape index (κ3) is 1.72. The minimum Gasteiger partial charge on any atom is -0.312 e. The third-order valence-electron chi connectivity index (χ3n) is 1.82. The molecule has 0 amide bonds. The molecule has 0 atom stereocenters. The summed E-state index contributed by atoms with van der Waals surface area (Å²) in [6, 6.07) is 5.54. The van der Waals surface area contributed by atoms with Crippen molar-refractivity contribution in [3.8, 4) is 5.69 Å². The van der Waals surface area contributed by atoms with Gasteiger partial charge in [-0.1, -0.05) is 11.6 Å². The Kier molecular flexibility index (Phi) is 2.64. The normalized spacial score (nSPS) is 10.4. The van der Waals surface area contributed by atoms with Crippen LogP contribution in [0.15, 0.2) is 35.4 Å². The van der Waals surface area contributed by atoms with Crippen molar-refractivity contribution in [2.24, 2.45) is 0 Å². The molecule has 1 aromatic heterocycles. The number of hydrogen-bond donors (Lipinski definition) is 1. The van der Waals surface area contributed by atoms with Crippen LogP contribution in [-0.2, 0) is 0 Å². The molecule has 0 unspecified atom stereocenters. The summed E-state index contributed by atoms with van der Waals surface area (Å²) in [5.74, 6) is 0. The quantitative estimate of drug-likeness (QED) is 0.805. The number of hydrogen-bond acceptors (Lipinski definition) is 1. The topological polar surface area (TPSA) is 37.8 Å². The van der Waals surface area contributed by atoms with Crippen molar-refractivity contribution >= 4 is 34.2 Å². The Bertz CT molecular complexity index is 518. The molecule has 5 heteroatoms. The first kappa shape index (κ1) is 9.79. The molecule has 0 saturated heterocycles. The number of imidazole rings is 1. The first-order valence-corrected chi connectivity index (χ1v) is 5.35. The zero-order valence-electron chi connectivity index (χ0n) is 7.00. The van der Waals surface area contributed by atoms with Crippen LogP contribution in [0, 0.1) is 3.57 Å². The number of aromatic nitrogens is 2. The second-order valence-electron chi connectivity index (χ2n) is 2.73. The summed E-state index contributed by atoms with van der Waals surface area (Å²) in [4.78, 5) is 13.9. The van der Waals surface area contributed by atoms with E-state index < -0.39 is 0 Å². The zero-order valence-corrected chi connectivity index (χ0v) is 9.91. The number of rotatable bonds is 1. The fraction of sp³-hybridized carbons (Fsp3) is 0. The summed E-state index contributed by atoms with van der Waals surface area (Å²) in [6.07, 6.45) is 3.23. The van der Waals surface area contributed by atoms with Crippen LogP contribution in [0.1, 0.15) is 0 Å². The molecule has 3 nitrogen and oxygen atoms in total. The van der Waals surface area contributed by atoms with Crippen molar-refractivity contribution in [2.75, 3.05) is 0 Å². The van der Waals surface area contributed by atoms with E-state index in [-0.39, 0.29) is 5.69 Å². The molecule has 0 bridgehead atoms. The molecule has 0 aliphatic heterocycles. The van der Waals surface area contributed by atoms with Gasteiger partial charge in [0.15, 0.2) is 0 Å². The molecule has 1 heterocycles. The average Bonchev–Trinajstić information content (AvgIpc) is 2.52. The predicted molar refractivity (Wildman–Crippen MR) is 64.1 cm³/mol. The zero-order chi connectivity index (χ0) is 10.1. The van der Waals surface area contributed by atoms with Crippen LogP contribution in [0.3, 0.4) is 0 Å². The van der Waals surface area contributed by atoms with E-state index in [1.165, 1.54) is 4.57 Å². The summed E-state index contributed by atoms with van der Waals surface area (Å²) in [7, 11) is 0. The number of nitrogens with zero attached hydrogens (tertiary/aromatic N) is 1. The van der Waals surface area contributed by atoms with Gasteiger partial charge in [0.1, 0.15) is 0 Å². The van der Waals surface area contributed by atoms with Gasteiger partial charge in [0, 0.05) is 16.0 Å². The van der Waals surface area contributed by atoms with Crippen molar-refractivity contribution in [3.63, 3.8) is 0 Å². The molecular formula is C9H6ClIN2O. The molecule has 0 fully saturated rings. The monoisotopic (exact) mass is 320 g/mol. The highest BCUT2D eigenvalue weighted by molar-refractivity contribution is 14.1. The van der Waals surface area contributed by atoms with E-state index in [0.717, 1.165) is 3.57 Å². The average molecular weight is 321 g/mol. The number of halogens is 2. The Labute approximate surface area is 98.9 Å². The van der Waals surface area contributed by atoms with Crippen LogP contribution in [0.2, 0.25) is 5.02 Å². The number of nitrogens with one attached hydrogen (secondary N) is 1. The Hall–Kier alpha value is -0.750. The fourth-order valence-corrected chi connectivity index (χ4v) is 2.13. The molecule has 0 saturated carbocycles. The van der Waals surface area contributed by atoms with Gasteiger partial charge in [-0.05, 0) is 40.8 Å².